The molecular weight excluding hydrogens is 144 g/mol. The molecule has 0 aliphatic rings. The van der Waals surface area contributed by atoms with Gasteiger partial charge in [-0.25, -0.2) is 4.79 Å². The van der Waals surface area contributed by atoms with E-state index in [2.05, 4.69) is 0 Å². The number of hydrogen-bond donors (Lipinski definition) is 2. The number of carboxylic acids is 1. The summed E-state index contributed by atoms with van der Waals surface area (Å²) in [5.74, 6) is -0.857. The Morgan fingerprint density at radius 1 is 1.36 bits per heavy atom. The molecule has 2 N–H and O–H groups in total. The van der Waals surface area contributed by atoms with Gasteiger partial charge in [0.25, 0.3) is 0 Å². The summed E-state index contributed by atoms with van der Waals surface area (Å²) in [5.41, 5.74) is 0. The molecule has 0 aromatic rings. The van der Waals surface area contributed by atoms with Crippen LogP contribution in [0.3, 0.4) is 0 Å². The second kappa shape index (κ2) is 4.34. The van der Waals surface area contributed by atoms with Crippen LogP contribution in [0.2, 0.25) is 0 Å². The van der Waals surface area contributed by atoms with Crippen LogP contribution in [0.5, 0.6) is 0 Å². The lowest BCUT2D eigenvalue weighted by Gasteiger charge is -2.16. The number of aliphatic hydroxyl groups excluding tert-OH is 1. The third kappa shape index (κ3) is 3.98. The molecule has 2 unspecified atom stereocenters. The van der Waals surface area contributed by atoms with Gasteiger partial charge in [0.15, 0.2) is 6.10 Å². The molecule has 3 heteroatoms. The molecule has 0 aliphatic heterocycles. The van der Waals surface area contributed by atoms with Crippen LogP contribution in [0.4, 0.5) is 0 Å². The minimum atomic E-state index is -1.21. The topological polar surface area (TPSA) is 57.5 Å². The molecule has 0 aliphatic carbocycles. The van der Waals surface area contributed by atoms with Crippen molar-refractivity contribution < 1.29 is 15.0 Å². The molecule has 0 heterocycles. The summed E-state index contributed by atoms with van der Waals surface area (Å²) < 4.78 is 0. The van der Waals surface area contributed by atoms with Crippen LogP contribution >= 0.6 is 0 Å². The normalized spacial score (nSPS) is 16.5. The number of aliphatic carboxylic acids is 1. The maximum atomic E-state index is 10.3. The van der Waals surface area contributed by atoms with Crippen molar-refractivity contribution in [3.63, 3.8) is 0 Å². The van der Waals surface area contributed by atoms with Gasteiger partial charge in [-0.2, -0.15) is 0 Å². The van der Waals surface area contributed by atoms with E-state index >= 15 is 0 Å². The lowest BCUT2D eigenvalue weighted by molar-refractivity contribution is -0.149. The SMILES string of the molecule is CC(C)CC(C)C(O)C(=O)O. The van der Waals surface area contributed by atoms with Crippen LogP contribution in [0, 0.1) is 11.8 Å². The van der Waals surface area contributed by atoms with Crippen molar-refractivity contribution >= 4 is 5.97 Å². The summed E-state index contributed by atoms with van der Waals surface area (Å²) in [6.07, 6.45) is -0.467. The van der Waals surface area contributed by atoms with Crippen LogP contribution in [0.25, 0.3) is 0 Å². The lowest BCUT2D eigenvalue weighted by Crippen LogP contribution is -2.28. The highest BCUT2D eigenvalue weighted by Gasteiger charge is 2.21. The van der Waals surface area contributed by atoms with Crippen molar-refractivity contribution in [1.82, 2.24) is 0 Å². The smallest absolute Gasteiger partial charge is 0.332 e. The zero-order valence-electron chi connectivity index (χ0n) is 7.24. The molecule has 0 bridgehead atoms. The fourth-order valence-corrected chi connectivity index (χ4v) is 1.12. The molecule has 0 spiro atoms. The van der Waals surface area contributed by atoms with Gasteiger partial charge in [0.1, 0.15) is 0 Å². The molecule has 0 aromatic heterocycles. The van der Waals surface area contributed by atoms with Crippen LogP contribution in [0.1, 0.15) is 27.2 Å². The molecule has 0 amide bonds. The van der Waals surface area contributed by atoms with Gasteiger partial charge >= 0.3 is 5.97 Å². The Kier molecular flexibility index (Phi) is 4.11. The monoisotopic (exact) mass is 160 g/mol. The zero-order valence-corrected chi connectivity index (χ0v) is 7.24. The largest absolute Gasteiger partial charge is 0.479 e. The summed E-state index contributed by atoms with van der Waals surface area (Å²) in [4.78, 5) is 10.3. The van der Waals surface area contributed by atoms with E-state index in [-0.39, 0.29) is 5.92 Å². The summed E-state index contributed by atoms with van der Waals surface area (Å²) >= 11 is 0. The van der Waals surface area contributed by atoms with E-state index in [1.54, 1.807) is 6.92 Å². The van der Waals surface area contributed by atoms with E-state index < -0.39 is 12.1 Å². The molecule has 0 fully saturated rings. The first-order valence-electron chi connectivity index (χ1n) is 3.86. The molecule has 0 aromatic carbocycles. The van der Waals surface area contributed by atoms with Crippen molar-refractivity contribution in [3.05, 3.63) is 0 Å². The number of carboxylic acid groups (broad SMARTS) is 1. The molecule has 66 valence electrons. The van der Waals surface area contributed by atoms with Gasteiger partial charge in [-0.05, 0) is 18.3 Å². The van der Waals surface area contributed by atoms with Crippen LogP contribution < -0.4 is 0 Å². The fraction of sp³-hybridized carbons (Fsp3) is 0.875. The first-order valence-corrected chi connectivity index (χ1v) is 3.86. The van der Waals surface area contributed by atoms with Crippen molar-refractivity contribution in [2.75, 3.05) is 0 Å². The Morgan fingerprint density at radius 2 is 1.82 bits per heavy atom. The third-order valence-electron chi connectivity index (χ3n) is 1.64. The fourth-order valence-electron chi connectivity index (χ4n) is 1.12. The highest BCUT2D eigenvalue weighted by atomic mass is 16.4. The van der Waals surface area contributed by atoms with Gasteiger partial charge in [0.2, 0.25) is 0 Å². The maximum Gasteiger partial charge on any atom is 0.332 e. The molecular formula is C8H16O3. The van der Waals surface area contributed by atoms with Crippen molar-refractivity contribution in [2.45, 2.75) is 33.3 Å². The zero-order chi connectivity index (χ0) is 9.02. The van der Waals surface area contributed by atoms with Crippen molar-refractivity contribution in [3.8, 4) is 0 Å². The average Bonchev–Trinajstić information content (AvgIpc) is 1.84. The van der Waals surface area contributed by atoms with E-state index in [1.807, 2.05) is 13.8 Å². The minimum absolute atomic E-state index is 0.160. The van der Waals surface area contributed by atoms with E-state index in [0.717, 1.165) is 6.42 Å². The van der Waals surface area contributed by atoms with Crippen molar-refractivity contribution in [1.29, 1.82) is 0 Å². The van der Waals surface area contributed by atoms with Gasteiger partial charge < -0.3 is 10.2 Å². The highest BCUT2D eigenvalue weighted by Crippen LogP contribution is 2.14. The maximum absolute atomic E-state index is 10.3. The molecule has 0 saturated carbocycles. The van der Waals surface area contributed by atoms with E-state index in [0.29, 0.717) is 5.92 Å². The first-order chi connectivity index (χ1) is 4.95. The second-order valence-electron chi connectivity index (χ2n) is 3.39. The Morgan fingerprint density at radius 3 is 2.09 bits per heavy atom. The van der Waals surface area contributed by atoms with E-state index in [9.17, 15) is 4.79 Å². The first kappa shape index (κ1) is 10.4. The Balaban J connectivity index is 3.82. The third-order valence-corrected chi connectivity index (χ3v) is 1.64. The summed E-state index contributed by atoms with van der Waals surface area (Å²) in [6.45, 7) is 5.76. The Bertz CT molecular complexity index is 131. The van der Waals surface area contributed by atoms with Gasteiger partial charge in [-0.15, -0.1) is 0 Å². The molecule has 0 rings (SSSR count). The standard InChI is InChI=1S/C8H16O3/c1-5(2)4-6(3)7(9)8(10)11/h5-7,9H,4H2,1-3H3,(H,10,11). The van der Waals surface area contributed by atoms with E-state index in [4.69, 9.17) is 10.2 Å². The van der Waals surface area contributed by atoms with Gasteiger partial charge in [0.05, 0.1) is 0 Å². The molecule has 0 radical (unpaired) electrons. The Labute approximate surface area is 67.0 Å². The van der Waals surface area contributed by atoms with Gasteiger partial charge in [-0.1, -0.05) is 20.8 Å². The number of rotatable bonds is 4. The van der Waals surface area contributed by atoms with Crippen LogP contribution in [0.15, 0.2) is 0 Å². The van der Waals surface area contributed by atoms with E-state index in [1.165, 1.54) is 0 Å². The average molecular weight is 160 g/mol. The van der Waals surface area contributed by atoms with Crippen LogP contribution in [-0.2, 0) is 4.79 Å². The summed E-state index contributed by atoms with van der Waals surface area (Å²) in [6, 6.07) is 0. The second-order valence-corrected chi connectivity index (χ2v) is 3.39. The number of hydrogen-bond acceptors (Lipinski definition) is 2. The highest BCUT2D eigenvalue weighted by molar-refractivity contribution is 5.72. The number of carbonyl (C=O) groups is 1. The predicted octanol–water partition coefficient (Wildman–Crippen LogP) is 1.11. The lowest BCUT2D eigenvalue weighted by atomic mass is 9.94. The van der Waals surface area contributed by atoms with Crippen molar-refractivity contribution in [2.24, 2.45) is 11.8 Å². The summed E-state index contributed by atoms with van der Waals surface area (Å²) in [7, 11) is 0. The molecule has 11 heavy (non-hydrogen) atoms. The predicted molar refractivity (Wildman–Crippen MR) is 42.3 cm³/mol. The Hall–Kier alpha value is -0.570. The minimum Gasteiger partial charge on any atom is -0.479 e. The molecule has 3 nitrogen and oxygen atoms in total. The number of aliphatic hydroxyl groups is 1. The van der Waals surface area contributed by atoms with Gasteiger partial charge in [-0.3, -0.25) is 0 Å². The summed E-state index contributed by atoms with van der Waals surface area (Å²) in [5, 5.41) is 17.5. The van der Waals surface area contributed by atoms with Gasteiger partial charge in [0, 0.05) is 0 Å². The van der Waals surface area contributed by atoms with Crippen LogP contribution in [-0.4, -0.2) is 22.3 Å². The molecule has 0 saturated heterocycles. The quantitative estimate of drug-likeness (QED) is 0.647. The molecule has 2 atom stereocenters.